The van der Waals surface area contributed by atoms with Crippen LogP contribution in [0.5, 0.6) is 0 Å². The summed E-state index contributed by atoms with van der Waals surface area (Å²) in [5.74, 6) is 0.185. The second kappa shape index (κ2) is 9.89. The number of ketones is 1. The smallest absolute Gasteiger partial charge is 1.00 e. The molecule has 2 aliphatic carbocycles. The molecule has 3 aliphatic rings. The fourth-order valence-corrected chi connectivity index (χ4v) is 3.02. The largest absolute Gasteiger partial charge is 4.00 e. The van der Waals surface area contributed by atoms with Crippen molar-refractivity contribution >= 4 is 15.3 Å². The van der Waals surface area contributed by atoms with Crippen LogP contribution >= 0.6 is 0 Å². The van der Waals surface area contributed by atoms with Gasteiger partial charge >= 0.3 is 21.7 Å². The summed E-state index contributed by atoms with van der Waals surface area (Å²) in [6.45, 7) is 0.392. The molecular formula is C12H12Cl2O3SiTi. The topological polar surface area (TPSA) is 46.5 Å². The van der Waals surface area contributed by atoms with Gasteiger partial charge in [-0.2, -0.15) is 10.4 Å². The minimum absolute atomic E-state index is 0. The summed E-state index contributed by atoms with van der Waals surface area (Å²) < 4.78 is 4.19. The van der Waals surface area contributed by atoms with Crippen molar-refractivity contribution in [2.24, 2.45) is 0 Å². The average molecular weight is 351 g/mol. The molecule has 1 saturated heterocycles. The van der Waals surface area contributed by atoms with Crippen molar-refractivity contribution in [3.63, 3.8) is 0 Å². The van der Waals surface area contributed by atoms with Crippen molar-refractivity contribution < 1.29 is 61.2 Å². The van der Waals surface area contributed by atoms with E-state index >= 15 is 0 Å². The first kappa shape index (κ1) is 21.4. The molecule has 3 rings (SSSR count). The molecule has 0 atom stereocenters. The van der Waals surface area contributed by atoms with Gasteiger partial charge in [-0.1, -0.05) is 5.57 Å². The van der Waals surface area contributed by atoms with Gasteiger partial charge in [-0.05, 0) is 6.08 Å². The third kappa shape index (κ3) is 5.16. The van der Waals surface area contributed by atoms with Gasteiger partial charge in [0.1, 0.15) is 5.78 Å². The molecule has 0 unspecified atom stereocenters. The predicted octanol–water partition coefficient (Wildman–Crippen LogP) is -6.02. The normalized spacial score (nSPS) is 17.7. The van der Waals surface area contributed by atoms with Gasteiger partial charge in [0, 0.05) is 16.1 Å². The molecule has 0 saturated carbocycles. The number of carbonyl (C=O) groups excluding carboxylic acids is 1. The predicted molar refractivity (Wildman–Crippen MR) is 63.0 cm³/mol. The number of allylic oxidation sites excluding steroid dienone is 8. The molecule has 0 spiro atoms. The fourth-order valence-electron chi connectivity index (χ4n) is 1.67. The van der Waals surface area contributed by atoms with E-state index in [1.165, 1.54) is 10.4 Å². The van der Waals surface area contributed by atoms with Crippen LogP contribution in [0.3, 0.4) is 0 Å². The van der Waals surface area contributed by atoms with E-state index in [-0.39, 0.29) is 68.4 Å². The van der Waals surface area contributed by atoms with Gasteiger partial charge < -0.3 is 39.5 Å². The molecule has 1 aliphatic heterocycles. The van der Waals surface area contributed by atoms with Crippen molar-refractivity contribution in [1.82, 2.24) is 0 Å². The first-order valence-electron chi connectivity index (χ1n) is 5.05. The number of hydrogen-bond acceptors (Lipinski definition) is 3. The van der Waals surface area contributed by atoms with Crippen LogP contribution in [0, 0.1) is 13.2 Å². The van der Waals surface area contributed by atoms with E-state index in [9.17, 15) is 4.79 Å². The third-order valence-electron chi connectivity index (χ3n) is 2.44. The molecule has 1 fully saturated rings. The zero-order chi connectivity index (χ0) is 11.5. The Kier molecular flexibility index (Phi) is 11.1. The molecule has 3 nitrogen and oxygen atoms in total. The summed E-state index contributed by atoms with van der Waals surface area (Å²) in [7, 11) is 2.90. The molecule has 100 valence electrons. The number of carbonyl (C=O) groups is 1. The van der Waals surface area contributed by atoms with Crippen molar-refractivity contribution in [3.8, 4) is 0 Å². The Hall–Kier alpha value is 0.0612. The van der Waals surface area contributed by atoms with Gasteiger partial charge in [-0.15, -0.1) is 23.8 Å². The zero-order valence-corrected chi connectivity index (χ0v) is 14.6. The summed E-state index contributed by atoms with van der Waals surface area (Å²) in [5, 5.41) is 10.6. The Morgan fingerprint density at radius 2 is 2.11 bits per heavy atom. The minimum Gasteiger partial charge on any atom is -1.00 e. The molecule has 7 heteroatoms. The second-order valence-corrected chi connectivity index (χ2v) is 5.34. The van der Waals surface area contributed by atoms with Gasteiger partial charge in [0.2, 0.25) is 0 Å². The van der Waals surface area contributed by atoms with Crippen molar-refractivity contribution in [1.29, 1.82) is 0 Å². The average Bonchev–Trinajstić information content (AvgIpc) is 2.92. The summed E-state index contributed by atoms with van der Waals surface area (Å²) in [5.41, 5.74) is 2.00. The van der Waals surface area contributed by atoms with Crippen LogP contribution in [-0.2, 0) is 31.2 Å². The maximum Gasteiger partial charge on any atom is 4.00 e. The van der Waals surface area contributed by atoms with Gasteiger partial charge in [0.15, 0.2) is 0 Å². The number of fused-ring (bicyclic) bond motifs is 2. The van der Waals surface area contributed by atoms with Crippen molar-refractivity contribution in [3.05, 3.63) is 53.0 Å². The molecular weight excluding hydrogens is 339 g/mol. The quantitative estimate of drug-likeness (QED) is 0.398. The molecule has 0 aromatic heterocycles. The Balaban J connectivity index is 0. The monoisotopic (exact) mass is 350 g/mol. The van der Waals surface area contributed by atoms with Crippen LogP contribution in [0.2, 0.25) is 0 Å². The van der Waals surface area contributed by atoms with Crippen LogP contribution in [0.1, 0.15) is 0 Å². The maximum absolute atomic E-state index is 11.3. The standard InChI is InChI=1S/C9H5OSi.C3H7O2.2ClH.Ti/c10-6-3-1-2-5-4-7-9(11-7)8(5)6;1-5-3-2-4;;;/h1-3H,11H2;4H,1-3H2;2*1H;/q2*-1;;;+4/p-2. The van der Waals surface area contributed by atoms with Crippen molar-refractivity contribution in [2.75, 3.05) is 13.2 Å². The van der Waals surface area contributed by atoms with Gasteiger partial charge in [0.05, 0.1) is 6.61 Å². The zero-order valence-electron chi connectivity index (χ0n) is 10.1. The van der Waals surface area contributed by atoms with Crippen molar-refractivity contribution in [2.45, 2.75) is 0 Å². The molecule has 1 N–H and O–H groups in total. The van der Waals surface area contributed by atoms with E-state index in [0.29, 0.717) is 6.61 Å². The van der Waals surface area contributed by atoms with E-state index < -0.39 is 0 Å². The molecule has 1 heterocycles. The minimum atomic E-state index is -0.116. The second-order valence-electron chi connectivity index (χ2n) is 3.57. The summed E-state index contributed by atoms with van der Waals surface area (Å²) in [4.78, 5) is 11.3. The Labute approximate surface area is 142 Å². The number of hydrogen-bond donors (Lipinski definition) is 1. The number of ether oxygens (including phenoxy) is 1. The van der Waals surface area contributed by atoms with E-state index in [0.717, 1.165) is 11.1 Å². The number of aliphatic hydroxyl groups excluding tert-OH is 1. The van der Waals surface area contributed by atoms with E-state index in [2.05, 4.69) is 17.9 Å². The van der Waals surface area contributed by atoms with Gasteiger partial charge in [-0.3, -0.25) is 0 Å². The Bertz CT molecular complexity index is 454. The number of aliphatic hydroxyl groups is 1. The summed E-state index contributed by atoms with van der Waals surface area (Å²) >= 11 is 0. The molecule has 19 heavy (non-hydrogen) atoms. The van der Waals surface area contributed by atoms with Crippen LogP contribution in [0.15, 0.2) is 39.8 Å². The summed E-state index contributed by atoms with van der Waals surface area (Å²) in [6, 6.07) is 0. The third-order valence-corrected chi connectivity index (χ3v) is 4.03. The van der Waals surface area contributed by atoms with Crippen LogP contribution in [0.25, 0.3) is 0 Å². The molecule has 0 aromatic carbocycles. The van der Waals surface area contributed by atoms with Crippen LogP contribution in [-0.4, -0.2) is 33.6 Å². The van der Waals surface area contributed by atoms with E-state index in [1.54, 1.807) is 6.08 Å². The Morgan fingerprint density at radius 3 is 2.58 bits per heavy atom. The van der Waals surface area contributed by atoms with Gasteiger partial charge in [0.25, 0.3) is 0 Å². The molecule has 0 aromatic rings. The molecule has 0 radical (unpaired) electrons. The number of rotatable bonds is 2. The first-order valence-corrected chi connectivity index (χ1v) is 6.46. The van der Waals surface area contributed by atoms with E-state index in [1.807, 2.05) is 12.2 Å². The van der Waals surface area contributed by atoms with E-state index in [4.69, 9.17) is 5.11 Å². The summed E-state index contributed by atoms with van der Waals surface area (Å²) in [6.07, 6.45) is 8.67. The molecule has 0 amide bonds. The van der Waals surface area contributed by atoms with Crippen LogP contribution in [0.4, 0.5) is 0 Å². The first-order chi connectivity index (χ1) is 7.77. The van der Waals surface area contributed by atoms with Gasteiger partial charge in [-0.25, -0.2) is 7.11 Å². The maximum atomic E-state index is 11.3. The Morgan fingerprint density at radius 1 is 1.42 bits per heavy atom. The SMILES string of the molecule is O=C1C=CC=C2[C-]=C3[SiH2]C3=C12.[CH2-]OCCO.[Cl-].[Cl-].[Ti+4]. The molecule has 0 bridgehead atoms. The fraction of sp³-hybridized carbons (Fsp3) is 0.167. The van der Waals surface area contributed by atoms with Crippen LogP contribution < -0.4 is 24.8 Å². The number of halogens is 2.